The van der Waals surface area contributed by atoms with Gasteiger partial charge in [0.15, 0.2) is 0 Å². The van der Waals surface area contributed by atoms with E-state index in [9.17, 15) is 10.1 Å². The lowest BCUT2D eigenvalue weighted by atomic mass is 10.1. The van der Waals surface area contributed by atoms with Crippen molar-refractivity contribution in [1.82, 2.24) is 10.2 Å². The van der Waals surface area contributed by atoms with Gasteiger partial charge in [-0.2, -0.15) is 0 Å². The minimum absolute atomic E-state index is 0.112. The van der Waals surface area contributed by atoms with Crippen LogP contribution in [0.5, 0.6) is 5.75 Å². The third kappa shape index (κ3) is 1.94. The van der Waals surface area contributed by atoms with E-state index in [1.54, 1.807) is 13.0 Å². The van der Waals surface area contributed by atoms with Crippen LogP contribution in [0.25, 0.3) is 11.5 Å². The molecule has 0 aliphatic heterocycles. The van der Waals surface area contributed by atoms with Gasteiger partial charge in [-0.3, -0.25) is 10.1 Å². The average Bonchev–Trinajstić information content (AvgIpc) is 2.74. The molecule has 0 fully saturated rings. The Morgan fingerprint density at radius 3 is 2.71 bits per heavy atom. The van der Waals surface area contributed by atoms with Crippen LogP contribution in [0.15, 0.2) is 22.6 Å². The SMILES string of the molecule is COc1c(-c2nnc(C)o2)cccc1[N+](=O)[O-]. The quantitative estimate of drug-likeness (QED) is 0.596. The lowest BCUT2D eigenvalue weighted by molar-refractivity contribution is -0.385. The molecule has 88 valence electrons. The Hall–Kier alpha value is -2.44. The maximum Gasteiger partial charge on any atom is 0.311 e. The maximum absolute atomic E-state index is 10.8. The molecule has 0 aliphatic carbocycles. The molecule has 7 heteroatoms. The highest BCUT2D eigenvalue weighted by Crippen LogP contribution is 2.36. The Kier molecular flexibility index (Phi) is 2.73. The molecule has 0 amide bonds. The molecule has 0 N–H and O–H groups in total. The van der Waals surface area contributed by atoms with E-state index < -0.39 is 4.92 Å². The largest absolute Gasteiger partial charge is 0.490 e. The van der Waals surface area contributed by atoms with E-state index in [2.05, 4.69) is 10.2 Å². The molecule has 0 spiro atoms. The third-order valence-corrected chi connectivity index (χ3v) is 2.15. The molecule has 17 heavy (non-hydrogen) atoms. The zero-order valence-electron chi connectivity index (χ0n) is 9.21. The summed E-state index contributed by atoms with van der Waals surface area (Å²) in [4.78, 5) is 10.3. The van der Waals surface area contributed by atoms with Gasteiger partial charge in [0.05, 0.1) is 17.6 Å². The molecule has 0 aliphatic rings. The fourth-order valence-electron chi connectivity index (χ4n) is 1.46. The number of hydrogen-bond donors (Lipinski definition) is 0. The molecule has 0 unspecified atom stereocenters. The normalized spacial score (nSPS) is 10.2. The number of nitro benzene ring substituents is 1. The van der Waals surface area contributed by atoms with Crippen molar-refractivity contribution < 1.29 is 14.1 Å². The highest BCUT2D eigenvalue weighted by molar-refractivity contribution is 5.69. The molecule has 0 atom stereocenters. The highest BCUT2D eigenvalue weighted by atomic mass is 16.6. The summed E-state index contributed by atoms with van der Waals surface area (Å²) >= 11 is 0. The minimum Gasteiger partial charge on any atom is -0.490 e. The van der Waals surface area contributed by atoms with E-state index in [1.807, 2.05) is 0 Å². The van der Waals surface area contributed by atoms with Crippen molar-refractivity contribution in [2.24, 2.45) is 0 Å². The van der Waals surface area contributed by atoms with Gasteiger partial charge in [-0.1, -0.05) is 6.07 Å². The number of hydrogen-bond acceptors (Lipinski definition) is 6. The third-order valence-electron chi connectivity index (χ3n) is 2.15. The molecule has 0 bridgehead atoms. The zero-order valence-corrected chi connectivity index (χ0v) is 9.21. The number of benzene rings is 1. The minimum atomic E-state index is -0.522. The van der Waals surface area contributed by atoms with E-state index in [4.69, 9.17) is 9.15 Å². The second kappa shape index (κ2) is 4.20. The first kappa shape index (κ1) is 11.1. The Bertz CT molecular complexity index is 564. The van der Waals surface area contributed by atoms with Gasteiger partial charge in [0, 0.05) is 13.0 Å². The van der Waals surface area contributed by atoms with Crippen molar-refractivity contribution in [3.05, 3.63) is 34.2 Å². The van der Waals surface area contributed by atoms with Crippen molar-refractivity contribution in [3.63, 3.8) is 0 Å². The van der Waals surface area contributed by atoms with Crippen LogP contribution >= 0.6 is 0 Å². The predicted molar refractivity (Wildman–Crippen MR) is 57.7 cm³/mol. The molecular formula is C10H9N3O4. The number of ether oxygens (including phenoxy) is 1. The average molecular weight is 235 g/mol. The molecule has 0 radical (unpaired) electrons. The summed E-state index contributed by atoms with van der Waals surface area (Å²) in [6.07, 6.45) is 0. The first-order valence-corrected chi connectivity index (χ1v) is 4.75. The summed E-state index contributed by atoms with van der Waals surface area (Å²) in [5.74, 6) is 0.692. The molecule has 0 saturated carbocycles. The van der Waals surface area contributed by atoms with Crippen LogP contribution in [0.3, 0.4) is 0 Å². The number of para-hydroxylation sites is 1. The van der Waals surface area contributed by atoms with E-state index >= 15 is 0 Å². The number of nitrogens with zero attached hydrogens (tertiary/aromatic N) is 3. The highest BCUT2D eigenvalue weighted by Gasteiger charge is 2.22. The number of methoxy groups -OCH3 is 1. The van der Waals surface area contributed by atoms with Crippen LogP contribution in [0.1, 0.15) is 5.89 Å². The van der Waals surface area contributed by atoms with Crippen LogP contribution in [0.2, 0.25) is 0 Å². The van der Waals surface area contributed by atoms with Crippen molar-refractivity contribution in [2.45, 2.75) is 6.92 Å². The van der Waals surface area contributed by atoms with Gasteiger partial charge in [0.1, 0.15) is 0 Å². The molecule has 7 nitrogen and oxygen atoms in total. The van der Waals surface area contributed by atoms with Crippen molar-refractivity contribution >= 4 is 5.69 Å². The molecule has 2 aromatic rings. The number of rotatable bonds is 3. The first-order valence-electron chi connectivity index (χ1n) is 4.75. The van der Waals surface area contributed by atoms with Crippen molar-refractivity contribution in [1.29, 1.82) is 0 Å². The number of nitro groups is 1. The van der Waals surface area contributed by atoms with E-state index in [0.29, 0.717) is 11.5 Å². The van der Waals surface area contributed by atoms with Crippen LogP contribution in [-0.4, -0.2) is 22.2 Å². The van der Waals surface area contributed by atoms with Gasteiger partial charge in [0.25, 0.3) is 5.89 Å². The van der Waals surface area contributed by atoms with Gasteiger partial charge in [-0.25, -0.2) is 0 Å². The van der Waals surface area contributed by atoms with Gasteiger partial charge < -0.3 is 9.15 Å². The van der Waals surface area contributed by atoms with Crippen molar-refractivity contribution in [2.75, 3.05) is 7.11 Å². The van der Waals surface area contributed by atoms with E-state index in [-0.39, 0.29) is 17.3 Å². The summed E-state index contributed by atoms with van der Waals surface area (Å²) in [6.45, 7) is 1.64. The van der Waals surface area contributed by atoms with Gasteiger partial charge in [-0.15, -0.1) is 10.2 Å². The van der Waals surface area contributed by atoms with Gasteiger partial charge >= 0.3 is 5.69 Å². The fraction of sp³-hybridized carbons (Fsp3) is 0.200. The second-order valence-electron chi connectivity index (χ2n) is 3.24. The van der Waals surface area contributed by atoms with E-state index in [1.165, 1.54) is 19.2 Å². The lowest BCUT2D eigenvalue weighted by Crippen LogP contribution is -1.95. The maximum atomic E-state index is 10.8. The lowest BCUT2D eigenvalue weighted by Gasteiger charge is -2.04. The van der Waals surface area contributed by atoms with Crippen LogP contribution in [-0.2, 0) is 0 Å². The molecule has 2 rings (SSSR count). The summed E-state index contributed by atoms with van der Waals surface area (Å²) in [5.41, 5.74) is 0.267. The summed E-state index contributed by atoms with van der Waals surface area (Å²) in [5, 5.41) is 18.3. The van der Waals surface area contributed by atoms with E-state index in [0.717, 1.165) is 0 Å². The van der Waals surface area contributed by atoms with Crippen LogP contribution in [0.4, 0.5) is 5.69 Å². The number of aromatic nitrogens is 2. The predicted octanol–water partition coefficient (Wildman–Crippen LogP) is 1.96. The van der Waals surface area contributed by atoms with Gasteiger partial charge in [-0.05, 0) is 6.07 Å². The Morgan fingerprint density at radius 1 is 1.41 bits per heavy atom. The van der Waals surface area contributed by atoms with Gasteiger partial charge in [0.2, 0.25) is 11.6 Å². The molecule has 1 aromatic carbocycles. The standard InChI is InChI=1S/C10H9N3O4/c1-6-11-12-10(17-6)7-4-3-5-8(13(14)15)9(7)16-2/h3-5H,1-2H3. The Balaban J connectivity index is 2.61. The van der Waals surface area contributed by atoms with Crippen LogP contribution < -0.4 is 4.74 Å². The topological polar surface area (TPSA) is 91.3 Å². The monoisotopic (exact) mass is 235 g/mol. The van der Waals surface area contributed by atoms with Crippen molar-refractivity contribution in [3.8, 4) is 17.2 Å². The summed E-state index contributed by atoms with van der Waals surface area (Å²) in [7, 11) is 1.36. The second-order valence-corrected chi connectivity index (χ2v) is 3.24. The fourth-order valence-corrected chi connectivity index (χ4v) is 1.46. The molecule has 1 aromatic heterocycles. The first-order chi connectivity index (χ1) is 8.13. The summed E-state index contributed by atoms with van der Waals surface area (Å²) < 4.78 is 10.3. The Morgan fingerprint density at radius 2 is 2.18 bits per heavy atom. The summed E-state index contributed by atoms with van der Waals surface area (Å²) in [6, 6.07) is 4.51. The molecule has 1 heterocycles. The van der Waals surface area contributed by atoms with Crippen LogP contribution in [0, 0.1) is 17.0 Å². The zero-order chi connectivity index (χ0) is 12.4. The molecular weight excluding hydrogens is 226 g/mol. The Labute approximate surface area is 96.2 Å². The smallest absolute Gasteiger partial charge is 0.311 e. The number of aryl methyl sites for hydroxylation is 1. The molecule has 0 saturated heterocycles.